The standard InChI is InChI=1S/C8H10O3S.C3H7N/c1-6-4-3-5-8(7(6)2)12(9,10)11;1-2-3-4/h3-5H,1-2H3,(H,9,10,11);2H,1,3-4H2. The van der Waals surface area contributed by atoms with Crippen LogP contribution in [0.25, 0.3) is 0 Å². The third-order valence-corrected chi connectivity index (χ3v) is 3.00. The van der Waals surface area contributed by atoms with Crippen LogP contribution in [-0.2, 0) is 10.1 Å². The minimum absolute atomic E-state index is 0.0116. The average Bonchev–Trinajstić information content (AvgIpc) is 2.21. The lowest BCUT2D eigenvalue weighted by atomic mass is 10.1. The van der Waals surface area contributed by atoms with Crippen molar-refractivity contribution < 1.29 is 13.0 Å². The third kappa shape index (κ3) is 4.57. The fourth-order valence-corrected chi connectivity index (χ4v) is 1.80. The first-order valence-corrected chi connectivity index (χ1v) is 6.13. The highest BCUT2D eigenvalue weighted by Gasteiger charge is 2.12. The molecule has 3 N–H and O–H groups in total. The molecule has 0 atom stereocenters. The van der Waals surface area contributed by atoms with Crippen LogP contribution in [0, 0.1) is 13.8 Å². The molecule has 0 aliphatic rings. The summed E-state index contributed by atoms with van der Waals surface area (Å²) in [5, 5.41) is 0. The maximum atomic E-state index is 10.8. The van der Waals surface area contributed by atoms with Gasteiger partial charge in [0.1, 0.15) is 0 Å². The molecule has 0 saturated heterocycles. The molecule has 0 aliphatic heterocycles. The van der Waals surface area contributed by atoms with E-state index in [2.05, 4.69) is 6.58 Å². The van der Waals surface area contributed by atoms with Gasteiger partial charge in [0.25, 0.3) is 10.1 Å². The number of nitrogens with two attached hydrogens (primary N) is 1. The van der Waals surface area contributed by atoms with Crippen LogP contribution in [0.5, 0.6) is 0 Å². The lowest BCUT2D eigenvalue weighted by Crippen LogP contribution is -2.01. The van der Waals surface area contributed by atoms with E-state index in [1.165, 1.54) is 6.07 Å². The summed E-state index contributed by atoms with van der Waals surface area (Å²) in [5.41, 5.74) is 6.36. The van der Waals surface area contributed by atoms with Crippen molar-refractivity contribution in [2.24, 2.45) is 5.73 Å². The number of benzene rings is 1. The Morgan fingerprint density at radius 1 is 1.44 bits per heavy atom. The molecule has 0 aromatic heterocycles. The average molecular weight is 243 g/mol. The van der Waals surface area contributed by atoms with Crippen LogP contribution in [0.2, 0.25) is 0 Å². The maximum Gasteiger partial charge on any atom is 0.294 e. The first kappa shape index (κ1) is 14.8. The minimum atomic E-state index is -4.06. The fraction of sp³-hybridized carbons (Fsp3) is 0.273. The molecule has 1 aromatic rings. The van der Waals surface area contributed by atoms with E-state index >= 15 is 0 Å². The molecule has 0 aliphatic carbocycles. The maximum absolute atomic E-state index is 10.8. The second kappa shape index (κ2) is 6.42. The van der Waals surface area contributed by atoms with Gasteiger partial charge in [-0.15, -0.1) is 6.58 Å². The molecule has 0 radical (unpaired) electrons. The van der Waals surface area contributed by atoms with Gasteiger partial charge in [-0.1, -0.05) is 18.2 Å². The highest BCUT2D eigenvalue weighted by atomic mass is 32.2. The van der Waals surface area contributed by atoms with E-state index in [0.29, 0.717) is 12.1 Å². The van der Waals surface area contributed by atoms with Gasteiger partial charge in [0, 0.05) is 6.54 Å². The van der Waals surface area contributed by atoms with Gasteiger partial charge in [-0.2, -0.15) is 8.42 Å². The molecule has 0 bridgehead atoms. The highest BCUT2D eigenvalue weighted by molar-refractivity contribution is 7.85. The molecular formula is C11H17NO3S. The van der Waals surface area contributed by atoms with Crippen molar-refractivity contribution in [3.05, 3.63) is 42.0 Å². The van der Waals surface area contributed by atoms with Crippen molar-refractivity contribution in [1.29, 1.82) is 0 Å². The van der Waals surface area contributed by atoms with Gasteiger partial charge in [0.15, 0.2) is 0 Å². The SMILES string of the molecule is C=CCN.Cc1cccc(S(=O)(=O)O)c1C. The Bertz CT molecular complexity index is 452. The van der Waals surface area contributed by atoms with Gasteiger partial charge >= 0.3 is 0 Å². The molecule has 5 heteroatoms. The van der Waals surface area contributed by atoms with Crippen molar-refractivity contribution >= 4 is 10.1 Å². The zero-order valence-corrected chi connectivity index (χ0v) is 10.3. The number of hydrogen-bond acceptors (Lipinski definition) is 3. The highest BCUT2D eigenvalue weighted by Crippen LogP contribution is 2.17. The van der Waals surface area contributed by atoms with Gasteiger partial charge in [-0.3, -0.25) is 4.55 Å². The molecule has 4 nitrogen and oxygen atoms in total. The van der Waals surface area contributed by atoms with Crippen LogP contribution in [0.4, 0.5) is 0 Å². The van der Waals surface area contributed by atoms with Crippen LogP contribution in [-0.4, -0.2) is 19.5 Å². The molecule has 0 unspecified atom stereocenters. The third-order valence-electron chi connectivity index (χ3n) is 2.00. The van der Waals surface area contributed by atoms with E-state index in [1.54, 1.807) is 32.1 Å². The summed E-state index contributed by atoms with van der Waals surface area (Å²) in [6.07, 6.45) is 1.65. The Kier molecular flexibility index (Phi) is 5.95. The van der Waals surface area contributed by atoms with Gasteiger partial charge < -0.3 is 5.73 Å². The molecular weight excluding hydrogens is 226 g/mol. The molecule has 90 valence electrons. The lowest BCUT2D eigenvalue weighted by Gasteiger charge is -2.03. The van der Waals surface area contributed by atoms with Crippen molar-refractivity contribution in [2.75, 3.05) is 6.54 Å². The van der Waals surface area contributed by atoms with Gasteiger partial charge in [-0.25, -0.2) is 0 Å². The summed E-state index contributed by atoms with van der Waals surface area (Å²) in [4.78, 5) is -0.0116. The van der Waals surface area contributed by atoms with Gasteiger partial charge in [0.2, 0.25) is 0 Å². The van der Waals surface area contributed by atoms with Crippen LogP contribution in [0.15, 0.2) is 35.7 Å². The van der Waals surface area contributed by atoms with E-state index in [1.807, 2.05) is 0 Å². The monoisotopic (exact) mass is 243 g/mol. The van der Waals surface area contributed by atoms with Crippen LogP contribution in [0.3, 0.4) is 0 Å². The summed E-state index contributed by atoms with van der Waals surface area (Å²) >= 11 is 0. The zero-order chi connectivity index (χ0) is 12.8. The van der Waals surface area contributed by atoms with Crippen molar-refractivity contribution in [1.82, 2.24) is 0 Å². The summed E-state index contributed by atoms with van der Waals surface area (Å²) < 4.78 is 30.3. The van der Waals surface area contributed by atoms with Crippen LogP contribution < -0.4 is 5.73 Å². The Labute approximate surface area is 96.5 Å². The van der Waals surface area contributed by atoms with Crippen molar-refractivity contribution in [3.63, 3.8) is 0 Å². The molecule has 0 heterocycles. The normalized spacial score (nSPS) is 10.2. The summed E-state index contributed by atoms with van der Waals surface area (Å²) in [6, 6.07) is 4.78. The number of aryl methyl sites for hydroxylation is 1. The fourth-order valence-electron chi connectivity index (χ4n) is 1.00. The molecule has 1 aromatic carbocycles. The van der Waals surface area contributed by atoms with Crippen LogP contribution >= 0.6 is 0 Å². The Balaban J connectivity index is 0.000000487. The van der Waals surface area contributed by atoms with E-state index in [9.17, 15) is 8.42 Å². The van der Waals surface area contributed by atoms with E-state index < -0.39 is 10.1 Å². The quantitative estimate of drug-likeness (QED) is 0.611. The largest absolute Gasteiger partial charge is 0.327 e. The molecule has 0 spiro atoms. The summed E-state index contributed by atoms with van der Waals surface area (Å²) in [5.74, 6) is 0. The van der Waals surface area contributed by atoms with Gasteiger partial charge in [0.05, 0.1) is 4.90 Å². The minimum Gasteiger partial charge on any atom is -0.327 e. The second-order valence-electron chi connectivity index (χ2n) is 3.20. The zero-order valence-electron chi connectivity index (χ0n) is 9.47. The van der Waals surface area contributed by atoms with Gasteiger partial charge in [-0.05, 0) is 31.0 Å². The van der Waals surface area contributed by atoms with E-state index in [4.69, 9.17) is 10.3 Å². The van der Waals surface area contributed by atoms with Crippen LogP contribution in [0.1, 0.15) is 11.1 Å². The number of rotatable bonds is 2. The topological polar surface area (TPSA) is 80.4 Å². The molecule has 0 fully saturated rings. The second-order valence-corrected chi connectivity index (χ2v) is 4.59. The first-order chi connectivity index (χ1) is 7.34. The number of hydrogen-bond donors (Lipinski definition) is 2. The summed E-state index contributed by atoms with van der Waals surface area (Å²) in [7, 11) is -4.06. The summed E-state index contributed by atoms with van der Waals surface area (Å²) in [6.45, 7) is 7.40. The Hall–Kier alpha value is -1.17. The molecule has 0 amide bonds. The van der Waals surface area contributed by atoms with E-state index in [-0.39, 0.29) is 4.90 Å². The van der Waals surface area contributed by atoms with E-state index in [0.717, 1.165) is 5.56 Å². The molecule has 16 heavy (non-hydrogen) atoms. The predicted molar refractivity (Wildman–Crippen MR) is 65.0 cm³/mol. The van der Waals surface area contributed by atoms with Crippen molar-refractivity contribution in [3.8, 4) is 0 Å². The Morgan fingerprint density at radius 2 is 1.94 bits per heavy atom. The van der Waals surface area contributed by atoms with Crippen molar-refractivity contribution in [2.45, 2.75) is 18.7 Å². The Morgan fingerprint density at radius 3 is 2.25 bits per heavy atom. The molecule has 0 saturated carbocycles. The lowest BCUT2D eigenvalue weighted by molar-refractivity contribution is 0.482. The smallest absolute Gasteiger partial charge is 0.294 e. The molecule has 1 rings (SSSR count). The predicted octanol–water partition coefficient (Wildman–Crippen LogP) is 1.68. The first-order valence-electron chi connectivity index (χ1n) is 4.69.